The van der Waals surface area contributed by atoms with Gasteiger partial charge in [0.1, 0.15) is 18.2 Å². The van der Waals surface area contributed by atoms with Crippen LogP contribution in [0.25, 0.3) is 0 Å². The van der Waals surface area contributed by atoms with Crippen LogP contribution in [0.3, 0.4) is 0 Å². The lowest BCUT2D eigenvalue weighted by Gasteiger charge is -2.38. The predicted octanol–water partition coefficient (Wildman–Crippen LogP) is 5.83. The number of aryl methyl sites for hydroxylation is 1. The molecule has 2 N–H and O–H groups in total. The molecule has 0 aromatic heterocycles. The fourth-order valence-electron chi connectivity index (χ4n) is 4.23. The molecule has 1 rings (SSSR count). The summed E-state index contributed by atoms with van der Waals surface area (Å²) in [6.07, 6.45) is 2.80. The first-order chi connectivity index (χ1) is 16.7. The van der Waals surface area contributed by atoms with Crippen LogP contribution in [0.1, 0.15) is 104 Å². The van der Waals surface area contributed by atoms with Crippen LogP contribution in [0, 0.1) is 19.8 Å². The smallest absolute Gasteiger partial charge is 0.408 e. The number of carbonyl (C=O) groups excluding carboxylic acids is 3. The van der Waals surface area contributed by atoms with Gasteiger partial charge in [0, 0.05) is 12.1 Å². The van der Waals surface area contributed by atoms with Gasteiger partial charge in [-0.25, -0.2) is 4.79 Å². The number of hydrogen-bond acceptors (Lipinski definition) is 4. The zero-order valence-electron chi connectivity index (χ0n) is 24.2. The Kier molecular flexibility index (Phi) is 12.4. The van der Waals surface area contributed by atoms with E-state index in [2.05, 4.69) is 31.4 Å². The van der Waals surface area contributed by atoms with Crippen molar-refractivity contribution in [3.05, 3.63) is 34.9 Å². The largest absolute Gasteiger partial charge is 0.444 e. The van der Waals surface area contributed by atoms with Gasteiger partial charge in [-0.05, 0) is 90.3 Å². The minimum atomic E-state index is -0.806. The third-order valence-corrected chi connectivity index (χ3v) is 6.29. The van der Waals surface area contributed by atoms with Crippen LogP contribution in [0.4, 0.5) is 4.79 Å². The highest BCUT2D eigenvalue weighted by Crippen LogP contribution is 2.30. The molecule has 7 heteroatoms. The van der Waals surface area contributed by atoms with E-state index in [1.165, 1.54) is 0 Å². The summed E-state index contributed by atoms with van der Waals surface area (Å²) in [4.78, 5) is 41.4. The van der Waals surface area contributed by atoms with E-state index in [0.29, 0.717) is 5.92 Å². The van der Waals surface area contributed by atoms with Crippen LogP contribution in [-0.2, 0) is 14.3 Å². The molecule has 0 saturated carbocycles. The van der Waals surface area contributed by atoms with Crippen molar-refractivity contribution in [1.82, 2.24) is 15.5 Å². The highest BCUT2D eigenvalue weighted by atomic mass is 16.6. The minimum absolute atomic E-state index is 0.0158. The summed E-state index contributed by atoms with van der Waals surface area (Å²) in [5.74, 6) is -0.0603. The molecule has 0 aliphatic carbocycles. The first kappa shape index (κ1) is 31.5. The zero-order chi connectivity index (χ0) is 27.6. The van der Waals surface area contributed by atoms with Gasteiger partial charge >= 0.3 is 6.09 Å². The van der Waals surface area contributed by atoms with E-state index in [1.54, 1.807) is 25.7 Å². The number of nitrogens with zero attached hydrogens (tertiary/aromatic N) is 1. The Bertz CT molecular complexity index is 876. The van der Waals surface area contributed by atoms with Gasteiger partial charge in [-0.1, -0.05) is 45.4 Å². The molecule has 1 aromatic rings. The lowest BCUT2D eigenvalue weighted by Crippen LogP contribution is -2.52. The van der Waals surface area contributed by atoms with Gasteiger partial charge in [-0.3, -0.25) is 9.59 Å². The second-order valence-corrected chi connectivity index (χ2v) is 11.4. The van der Waals surface area contributed by atoms with E-state index in [4.69, 9.17) is 4.74 Å². The van der Waals surface area contributed by atoms with E-state index in [1.807, 2.05) is 45.9 Å². The molecule has 36 heavy (non-hydrogen) atoms. The second-order valence-electron chi connectivity index (χ2n) is 11.4. The molecule has 0 heterocycles. The van der Waals surface area contributed by atoms with Crippen molar-refractivity contribution in [3.8, 4) is 0 Å². The Balaban J connectivity index is 3.44. The van der Waals surface area contributed by atoms with E-state index < -0.39 is 17.7 Å². The van der Waals surface area contributed by atoms with Crippen LogP contribution in [0.15, 0.2) is 18.2 Å². The van der Waals surface area contributed by atoms with Gasteiger partial charge in [-0.2, -0.15) is 0 Å². The van der Waals surface area contributed by atoms with Crippen LogP contribution in [-0.4, -0.2) is 47.0 Å². The van der Waals surface area contributed by atoms with Gasteiger partial charge in [0.15, 0.2) is 0 Å². The molecule has 3 atom stereocenters. The number of amides is 3. The maximum absolute atomic E-state index is 13.8. The first-order valence-corrected chi connectivity index (χ1v) is 13.3. The van der Waals surface area contributed by atoms with Gasteiger partial charge in [0.05, 0.1) is 0 Å². The Hall–Kier alpha value is -2.57. The van der Waals surface area contributed by atoms with Crippen LogP contribution in [0.5, 0.6) is 0 Å². The standard InChI is InChI=1S/C29H49N3O4/c1-11-13-21(5)31-27(34)26(24-15-12-14-20(4)23(24)7)32(22(6)17-16-19(2)3)25(33)18-30-28(35)36-29(8,9)10/h12,14-15,19,21-22,26H,11,13,16-18H2,1-10H3,(H,30,35)(H,31,34). The Morgan fingerprint density at radius 2 is 1.64 bits per heavy atom. The Morgan fingerprint density at radius 1 is 1.00 bits per heavy atom. The molecule has 0 fully saturated rings. The van der Waals surface area contributed by atoms with Crippen molar-refractivity contribution >= 4 is 17.9 Å². The molecular formula is C29H49N3O4. The van der Waals surface area contributed by atoms with Crippen LogP contribution >= 0.6 is 0 Å². The number of hydrogen-bond donors (Lipinski definition) is 2. The molecule has 7 nitrogen and oxygen atoms in total. The minimum Gasteiger partial charge on any atom is -0.444 e. The zero-order valence-corrected chi connectivity index (χ0v) is 24.2. The molecule has 3 unspecified atom stereocenters. The molecule has 0 aliphatic rings. The van der Waals surface area contributed by atoms with Crippen molar-refractivity contribution in [3.63, 3.8) is 0 Å². The first-order valence-electron chi connectivity index (χ1n) is 13.3. The van der Waals surface area contributed by atoms with Crippen molar-refractivity contribution < 1.29 is 19.1 Å². The molecule has 1 aromatic carbocycles. The topological polar surface area (TPSA) is 87.7 Å². The van der Waals surface area contributed by atoms with Crippen molar-refractivity contribution in [1.29, 1.82) is 0 Å². The molecule has 0 bridgehead atoms. The van der Waals surface area contributed by atoms with Crippen LogP contribution in [0.2, 0.25) is 0 Å². The number of ether oxygens (including phenoxy) is 1. The van der Waals surface area contributed by atoms with E-state index in [0.717, 1.165) is 42.4 Å². The summed E-state index contributed by atoms with van der Waals surface area (Å²) in [6.45, 7) is 19.4. The maximum atomic E-state index is 13.8. The second kappa shape index (κ2) is 14.2. The van der Waals surface area contributed by atoms with Gasteiger partial charge in [0.2, 0.25) is 11.8 Å². The molecule has 0 saturated heterocycles. The van der Waals surface area contributed by atoms with Crippen molar-refractivity contribution in [2.45, 2.75) is 119 Å². The number of benzene rings is 1. The highest BCUT2D eigenvalue weighted by Gasteiger charge is 2.36. The number of carbonyl (C=O) groups is 3. The van der Waals surface area contributed by atoms with Crippen LogP contribution < -0.4 is 10.6 Å². The average Bonchev–Trinajstić information content (AvgIpc) is 2.75. The lowest BCUT2D eigenvalue weighted by atomic mass is 9.93. The summed E-state index contributed by atoms with van der Waals surface area (Å²) in [6, 6.07) is 4.82. The maximum Gasteiger partial charge on any atom is 0.408 e. The number of nitrogens with one attached hydrogen (secondary N) is 2. The Labute approximate surface area is 218 Å². The summed E-state index contributed by atoms with van der Waals surface area (Å²) in [7, 11) is 0. The molecule has 0 radical (unpaired) electrons. The normalized spacial score (nSPS) is 14.1. The fourth-order valence-corrected chi connectivity index (χ4v) is 4.23. The predicted molar refractivity (Wildman–Crippen MR) is 146 cm³/mol. The third-order valence-electron chi connectivity index (χ3n) is 6.29. The monoisotopic (exact) mass is 503 g/mol. The van der Waals surface area contributed by atoms with E-state index >= 15 is 0 Å². The SMILES string of the molecule is CCCC(C)NC(=O)C(c1cccc(C)c1C)N(C(=O)CNC(=O)OC(C)(C)C)C(C)CCC(C)C. The van der Waals surface area contributed by atoms with Crippen molar-refractivity contribution in [2.24, 2.45) is 5.92 Å². The lowest BCUT2D eigenvalue weighted by molar-refractivity contribution is -0.143. The summed E-state index contributed by atoms with van der Waals surface area (Å²) >= 11 is 0. The van der Waals surface area contributed by atoms with Crippen molar-refractivity contribution in [2.75, 3.05) is 6.54 Å². The van der Waals surface area contributed by atoms with E-state index in [-0.39, 0.29) is 30.4 Å². The molecular weight excluding hydrogens is 454 g/mol. The fraction of sp³-hybridized carbons (Fsp3) is 0.690. The summed E-state index contributed by atoms with van der Waals surface area (Å²) in [5.41, 5.74) is 2.17. The average molecular weight is 504 g/mol. The molecule has 3 amide bonds. The molecule has 204 valence electrons. The number of rotatable bonds is 12. The van der Waals surface area contributed by atoms with Gasteiger partial charge < -0.3 is 20.3 Å². The quantitative estimate of drug-likeness (QED) is 0.376. The van der Waals surface area contributed by atoms with E-state index in [9.17, 15) is 14.4 Å². The number of alkyl carbamates (subject to hydrolysis) is 1. The highest BCUT2D eigenvalue weighted by molar-refractivity contribution is 5.91. The van der Waals surface area contributed by atoms with Gasteiger partial charge in [0.25, 0.3) is 0 Å². The summed E-state index contributed by atoms with van der Waals surface area (Å²) in [5, 5.41) is 5.72. The Morgan fingerprint density at radius 3 is 2.19 bits per heavy atom. The molecule has 0 spiro atoms. The third kappa shape index (κ3) is 10.2. The summed E-state index contributed by atoms with van der Waals surface area (Å²) < 4.78 is 5.31. The van der Waals surface area contributed by atoms with Gasteiger partial charge in [-0.15, -0.1) is 0 Å². The molecule has 0 aliphatic heterocycles.